The van der Waals surface area contributed by atoms with Gasteiger partial charge >= 0.3 is 0 Å². The van der Waals surface area contributed by atoms with Gasteiger partial charge in [-0.1, -0.05) is 51.9 Å². The van der Waals surface area contributed by atoms with Gasteiger partial charge in [0.25, 0.3) is 0 Å². The first kappa shape index (κ1) is 20.1. The van der Waals surface area contributed by atoms with Crippen molar-refractivity contribution >= 4 is 11.4 Å². The number of nitrogens with zero attached hydrogens (tertiary/aromatic N) is 3. The zero-order chi connectivity index (χ0) is 18.5. The summed E-state index contributed by atoms with van der Waals surface area (Å²) in [6, 6.07) is 11.7. The van der Waals surface area contributed by atoms with Crippen molar-refractivity contribution in [2.75, 3.05) is 6.61 Å². The van der Waals surface area contributed by atoms with Gasteiger partial charge in [-0.05, 0) is 30.7 Å². The predicted octanol–water partition coefficient (Wildman–Crippen LogP) is 6.45. The largest absolute Gasteiger partial charge is 0.494 e. The standard InChI is InChI=1S/C22H32N3O/c1-3-4-5-6-7-8-9-10-19-26-22-13-11-20(12-14-22)23-24-21-15-17-25(2)18-16-21/h11-18H,3-10,19H2,1-2H3/q+1. The average molecular weight is 355 g/mol. The molecule has 0 spiro atoms. The van der Waals surface area contributed by atoms with Crippen LogP contribution in [-0.4, -0.2) is 6.61 Å². The second-order valence-corrected chi connectivity index (χ2v) is 6.74. The zero-order valence-corrected chi connectivity index (χ0v) is 16.2. The van der Waals surface area contributed by atoms with Gasteiger partial charge in [0.15, 0.2) is 12.4 Å². The minimum absolute atomic E-state index is 0.789. The van der Waals surface area contributed by atoms with Gasteiger partial charge in [-0.15, -0.1) is 0 Å². The van der Waals surface area contributed by atoms with E-state index in [4.69, 9.17) is 4.74 Å². The zero-order valence-electron chi connectivity index (χ0n) is 16.2. The molecule has 1 aromatic heterocycles. The molecule has 2 rings (SSSR count). The Balaban J connectivity index is 1.62. The Labute approximate surface area is 157 Å². The Morgan fingerprint density at radius 2 is 1.27 bits per heavy atom. The number of aryl methyl sites for hydroxylation is 1. The molecule has 0 aliphatic carbocycles. The third-order valence-electron chi connectivity index (χ3n) is 4.35. The number of azo groups is 1. The van der Waals surface area contributed by atoms with Crippen molar-refractivity contribution in [3.8, 4) is 5.75 Å². The van der Waals surface area contributed by atoms with Crippen molar-refractivity contribution < 1.29 is 9.30 Å². The van der Waals surface area contributed by atoms with Crippen LogP contribution in [0.15, 0.2) is 59.0 Å². The third-order valence-corrected chi connectivity index (χ3v) is 4.35. The van der Waals surface area contributed by atoms with Crippen molar-refractivity contribution in [3.05, 3.63) is 48.8 Å². The van der Waals surface area contributed by atoms with Crippen LogP contribution in [0.5, 0.6) is 5.75 Å². The van der Waals surface area contributed by atoms with Crippen LogP contribution in [0.1, 0.15) is 58.3 Å². The molecule has 0 bridgehead atoms. The van der Waals surface area contributed by atoms with Crippen LogP contribution >= 0.6 is 0 Å². The van der Waals surface area contributed by atoms with Crippen LogP contribution in [0.4, 0.5) is 11.4 Å². The van der Waals surface area contributed by atoms with Gasteiger partial charge < -0.3 is 4.74 Å². The predicted molar refractivity (Wildman–Crippen MR) is 106 cm³/mol. The normalized spacial score (nSPS) is 11.2. The highest BCUT2D eigenvalue weighted by atomic mass is 16.5. The number of pyridine rings is 1. The SMILES string of the molecule is CCCCCCCCCCOc1ccc(N=Nc2cc[n+](C)cc2)cc1. The van der Waals surface area contributed by atoms with Crippen LogP contribution in [0.2, 0.25) is 0 Å². The van der Waals surface area contributed by atoms with E-state index in [2.05, 4.69) is 17.2 Å². The molecule has 0 unspecified atom stereocenters. The number of rotatable bonds is 12. The molecule has 2 aromatic rings. The summed E-state index contributed by atoms with van der Waals surface area (Å²) >= 11 is 0. The van der Waals surface area contributed by atoms with Gasteiger partial charge in [0.05, 0.1) is 18.0 Å². The Bertz CT molecular complexity index is 635. The molecule has 1 heterocycles. The van der Waals surface area contributed by atoms with E-state index in [1.54, 1.807) is 0 Å². The summed E-state index contributed by atoms with van der Waals surface area (Å²) in [5.41, 5.74) is 1.68. The Hall–Kier alpha value is -2.23. The average Bonchev–Trinajstić information content (AvgIpc) is 2.67. The van der Waals surface area contributed by atoms with E-state index in [-0.39, 0.29) is 0 Å². The monoisotopic (exact) mass is 354 g/mol. The lowest BCUT2D eigenvalue weighted by Crippen LogP contribution is -2.25. The van der Waals surface area contributed by atoms with Gasteiger partial charge in [-0.3, -0.25) is 0 Å². The molecule has 0 saturated carbocycles. The smallest absolute Gasteiger partial charge is 0.170 e. The first-order chi connectivity index (χ1) is 12.8. The van der Waals surface area contributed by atoms with Crippen molar-refractivity contribution in [2.45, 2.75) is 58.3 Å². The molecule has 140 valence electrons. The lowest BCUT2D eigenvalue weighted by molar-refractivity contribution is -0.671. The Morgan fingerprint density at radius 3 is 1.88 bits per heavy atom. The van der Waals surface area contributed by atoms with Crippen molar-refractivity contribution in [1.82, 2.24) is 0 Å². The van der Waals surface area contributed by atoms with Gasteiger partial charge in [0.2, 0.25) is 0 Å². The molecule has 26 heavy (non-hydrogen) atoms. The highest BCUT2D eigenvalue weighted by molar-refractivity contribution is 5.42. The second-order valence-electron chi connectivity index (χ2n) is 6.74. The fourth-order valence-corrected chi connectivity index (χ4v) is 2.71. The maximum Gasteiger partial charge on any atom is 0.170 e. The van der Waals surface area contributed by atoms with Crippen LogP contribution in [0.25, 0.3) is 0 Å². The van der Waals surface area contributed by atoms with E-state index >= 15 is 0 Å². The van der Waals surface area contributed by atoms with Crippen LogP contribution in [0, 0.1) is 0 Å². The fourth-order valence-electron chi connectivity index (χ4n) is 2.71. The summed E-state index contributed by atoms with van der Waals surface area (Å²) in [7, 11) is 1.98. The number of ether oxygens (including phenoxy) is 1. The highest BCUT2D eigenvalue weighted by Crippen LogP contribution is 2.21. The van der Waals surface area contributed by atoms with Crippen molar-refractivity contribution in [1.29, 1.82) is 0 Å². The molecular weight excluding hydrogens is 322 g/mol. The summed E-state index contributed by atoms with van der Waals surface area (Å²) < 4.78 is 7.78. The number of aromatic nitrogens is 1. The number of benzene rings is 1. The summed E-state index contributed by atoms with van der Waals surface area (Å²) in [5.74, 6) is 0.902. The molecule has 0 fully saturated rings. The number of unbranched alkanes of at least 4 members (excludes halogenated alkanes) is 7. The third kappa shape index (κ3) is 8.24. The van der Waals surface area contributed by atoms with E-state index in [0.29, 0.717) is 0 Å². The molecule has 4 heteroatoms. The van der Waals surface area contributed by atoms with E-state index in [1.165, 1.54) is 44.9 Å². The molecule has 0 N–H and O–H groups in total. The van der Waals surface area contributed by atoms with Gasteiger partial charge in [-0.25, -0.2) is 4.57 Å². The Kier molecular flexibility index (Phi) is 9.41. The Morgan fingerprint density at radius 1 is 0.731 bits per heavy atom. The lowest BCUT2D eigenvalue weighted by Gasteiger charge is -2.06. The molecule has 0 atom stereocenters. The summed E-state index contributed by atoms with van der Waals surface area (Å²) in [5, 5.41) is 8.50. The highest BCUT2D eigenvalue weighted by Gasteiger charge is 1.97. The number of hydrogen-bond acceptors (Lipinski definition) is 3. The minimum Gasteiger partial charge on any atom is -0.494 e. The first-order valence-corrected chi connectivity index (χ1v) is 9.88. The fraction of sp³-hybridized carbons (Fsp3) is 0.500. The lowest BCUT2D eigenvalue weighted by atomic mass is 10.1. The van der Waals surface area contributed by atoms with Crippen molar-refractivity contribution in [3.63, 3.8) is 0 Å². The molecule has 0 amide bonds. The molecule has 0 saturated heterocycles. The number of hydrogen-bond donors (Lipinski definition) is 0. The van der Waals surface area contributed by atoms with E-state index in [0.717, 1.165) is 30.2 Å². The van der Waals surface area contributed by atoms with E-state index < -0.39 is 0 Å². The van der Waals surface area contributed by atoms with Gasteiger partial charge in [-0.2, -0.15) is 10.2 Å². The van der Waals surface area contributed by atoms with E-state index in [9.17, 15) is 0 Å². The van der Waals surface area contributed by atoms with Crippen LogP contribution in [-0.2, 0) is 7.05 Å². The van der Waals surface area contributed by atoms with Gasteiger partial charge in [0, 0.05) is 12.1 Å². The first-order valence-electron chi connectivity index (χ1n) is 9.88. The summed E-state index contributed by atoms with van der Waals surface area (Å²) in [6.07, 6.45) is 14.4. The molecule has 0 aliphatic rings. The van der Waals surface area contributed by atoms with Crippen LogP contribution in [0.3, 0.4) is 0 Å². The van der Waals surface area contributed by atoms with Gasteiger partial charge in [0.1, 0.15) is 12.8 Å². The molecular formula is C22H32N3O+. The summed E-state index contributed by atoms with van der Waals surface area (Å²) in [4.78, 5) is 0. The van der Waals surface area contributed by atoms with Crippen LogP contribution < -0.4 is 9.30 Å². The summed E-state index contributed by atoms with van der Waals surface area (Å²) in [6.45, 7) is 3.05. The van der Waals surface area contributed by atoms with Crippen molar-refractivity contribution in [2.24, 2.45) is 17.3 Å². The molecule has 4 nitrogen and oxygen atoms in total. The second kappa shape index (κ2) is 12.2. The quantitative estimate of drug-likeness (QED) is 0.245. The molecule has 1 aromatic carbocycles. The minimum atomic E-state index is 0.789. The maximum atomic E-state index is 5.81. The molecule has 0 radical (unpaired) electrons. The molecule has 0 aliphatic heterocycles. The van der Waals surface area contributed by atoms with E-state index in [1.807, 2.05) is 60.4 Å². The maximum absolute atomic E-state index is 5.81. The topological polar surface area (TPSA) is 37.8 Å².